The molecule has 1 fully saturated rings. The third kappa shape index (κ3) is 3.85. The fraction of sp³-hybridized carbons (Fsp3) is 0.179. The molecule has 2 heterocycles. The first-order chi connectivity index (χ1) is 15.8. The summed E-state index contributed by atoms with van der Waals surface area (Å²) in [4.78, 5) is 9.65. The molecule has 1 aliphatic heterocycles. The molecular weight excluding hydrogens is 458 g/mol. The number of benzene rings is 3. The molecule has 0 N–H and O–H groups in total. The fourth-order valence-corrected chi connectivity index (χ4v) is 5.15. The highest BCUT2D eigenvalue weighted by Gasteiger charge is 2.43. The van der Waals surface area contributed by atoms with Crippen molar-refractivity contribution in [3.8, 4) is 0 Å². The molecule has 0 unspecified atom stereocenters. The SMILES string of the molecule is Brc1ccc(N2CCN(C(c3ccccc3)(c3ccccc3)c3ccccc3)CC2)nc1. The van der Waals surface area contributed by atoms with Crippen LogP contribution >= 0.6 is 15.9 Å². The summed E-state index contributed by atoms with van der Waals surface area (Å²) in [5.74, 6) is 1.04. The lowest BCUT2D eigenvalue weighted by molar-refractivity contribution is 0.147. The van der Waals surface area contributed by atoms with E-state index in [9.17, 15) is 0 Å². The van der Waals surface area contributed by atoms with Gasteiger partial charge >= 0.3 is 0 Å². The van der Waals surface area contributed by atoms with E-state index in [0.29, 0.717) is 0 Å². The van der Waals surface area contributed by atoms with Gasteiger partial charge < -0.3 is 4.90 Å². The topological polar surface area (TPSA) is 19.4 Å². The molecule has 1 saturated heterocycles. The Morgan fingerprint density at radius 2 is 1.06 bits per heavy atom. The molecule has 1 aliphatic rings. The highest BCUT2D eigenvalue weighted by molar-refractivity contribution is 9.10. The second-order valence-corrected chi connectivity index (χ2v) is 9.03. The first kappa shape index (κ1) is 20.9. The molecule has 5 rings (SSSR count). The van der Waals surface area contributed by atoms with Crippen molar-refractivity contribution in [2.24, 2.45) is 0 Å². The van der Waals surface area contributed by atoms with Gasteiger partial charge in [0.15, 0.2) is 0 Å². The van der Waals surface area contributed by atoms with Crippen LogP contribution in [0.15, 0.2) is 114 Å². The van der Waals surface area contributed by atoms with Crippen LogP contribution in [0.2, 0.25) is 0 Å². The zero-order valence-corrected chi connectivity index (χ0v) is 19.5. The average Bonchev–Trinajstić information content (AvgIpc) is 2.88. The smallest absolute Gasteiger partial charge is 0.128 e. The van der Waals surface area contributed by atoms with Crippen molar-refractivity contribution in [2.45, 2.75) is 5.54 Å². The van der Waals surface area contributed by atoms with E-state index >= 15 is 0 Å². The van der Waals surface area contributed by atoms with Crippen LogP contribution in [0.4, 0.5) is 5.82 Å². The van der Waals surface area contributed by atoms with Crippen LogP contribution in [0.3, 0.4) is 0 Å². The molecule has 0 spiro atoms. The zero-order chi connectivity index (χ0) is 21.8. The third-order valence-electron chi connectivity index (χ3n) is 6.36. The Hall–Kier alpha value is -2.95. The maximum Gasteiger partial charge on any atom is 0.128 e. The predicted octanol–water partition coefficient (Wildman–Crippen LogP) is 5.96. The van der Waals surface area contributed by atoms with Gasteiger partial charge in [-0.05, 0) is 44.8 Å². The van der Waals surface area contributed by atoms with Gasteiger partial charge in [0.05, 0.1) is 5.54 Å². The van der Waals surface area contributed by atoms with Crippen molar-refractivity contribution in [3.05, 3.63) is 130 Å². The van der Waals surface area contributed by atoms with Crippen molar-refractivity contribution < 1.29 is 0 Å². The highest BCUT2D eigenvalue weighted by Crippen LogP contribution is 2.42. The molecule has 32 heavy (non-hydrogen) atoms. The second kappa shape index (κ2) is 9.27. The normalized spacial score (nSPS) is 15.0. The van der Waals surface area contributed by atoms with Crippen molar-refractivity contribution in [3.63, 3.8) is 0 Å². The number of piperazine rings is 1. The van der Waals surface area contributed by atoms with Crippen molar-refractivity contribution in [1.29, 1.82) is 0 Å². The Morgan fingerprint density at radius 3 is 1.47 bits per heavy atom. The molecule has 0 bridgehead atoms. The van der Waals surface area contributed by atoms with Crippen LogP contribution in [0, 0.1) is 0 Å². The molecule has 4 heteroatoms. The first-order valence-electron chi connectivity index (χ1n) is 11.1. The molecule has 1 aromatic heterocycles. The summed E-state index contributed by atoms with van der Waals surface area (Å²) >= 11 is 3.49. The maximum atomic E-state index is 4.62. The van der Waals surface area contributed by atoms with Gasteiger partial charge in [-0.1, -0.05) is 91.0 Å². The highest BCUT2D eigenvalue weighted by atomic mass is 79.9. The Balaban J connectivity index is 1.58. The minimum Gasteiger partial charge on any atom is -0.354 e. The summed E-state index contributed by atoms with van der Waals surface area (Å²) in [7, 11) is 0. The van der Waals surface area contributed by atoms with Crippen LogP contribution in [-0.2, 0) is 5.54 Å². The second-order valence-electron chi connectivity index (χ2n) is 8.12. The van der Waals surface area contributed by atoms with Crippen LogP contribution in [0.5, 0.6) is 0 Å². The summed E-state index contributed by atoms with van der Waals surface area (Å²) in [6.07, 6.45) is 1.88. The molecular formula is C28H26BrN3. The van der Waals surface area contributed by atoms with E-state index in [4.69, 9.17) is 0 Å². The summed E-state index contributed by atoms with van der Waals surface area (Å²) in [5.41, 5.74) is 3.55. The minimum atomic E-state index is -0.344. The van der Waals surface area contributed by atoms with E-state index in [1.807, 2.05) is 6.20 Å². The standard InChI is InChI=1S/C28H26BrN3/c29-26-16-17-27(30-22-26)31-18-20-32(21-19-31)28(23-10-4-1-5-11-23,24-12-6-2-7-13-24)25-14-8-3-9-15-25/h1-17,22H,18-21H2. The maximum absolute atomic E-state index is 4.62. The van der Waals surface area contributed by atoms with Gasteiger partial charge in [-0.2, -0.15) is 0 Å². The molecule has 4 aromatic rings. The van der Waals surface area contributed by atoms with Crippen LogP contribution in [-0.4, -0.2) is 36.1 Å². The van der Waals surface area contributed by atoms with E-state index in [1.54, 1.807) is 0 Å². The van der Waals surface area contributed by atoms with Gasteiger partial charge in [-0.3, -0.25) is 4.90 Å². The Bertz CT molecular complexity index is 1030. The number of pyridine rings is 1. The lowest BCUT2D eigenvalue weighted by atomic mass is 9.75. The molecule has 3 nitrogen and oxygen atoms in total. The van der Waals surface area contributed by atoms with Crippen molar-refractivity contribution in [1.82, 2.24) is 9.88 Å². The Labute approximate surface area is 198 Å². The van der Waals surface area contributed by atoms with Gasteiger partial charge in [-0.25, -0.2) is 4.98 Å². The first-order valence-corrected chi connectivity index (χ1v) is 11.9. The number of rotatable bonds is 5. The van der Waals surface area contributed by atoms with Crippen LogP contribution in [0.25, 0.3) is 0 Å². The lowest BCUT2D eigenvalue weighted by Gasteiger charge is -2.49. The average molecular weight is 484 g/mol. The number of aromatic nitrogens is 1. The summed E-state index contributed by atoms with van der Waals surface area (Å²) in [6, 6.07) is 37.0. The summed E-state index contributed by atoms with van der Waals surface area (Å²) in [6.45, 7) is 3.75. The van der Waals surface area contributed by atoms with Crippen molar-refractivity contribution in [2.75, 3.05) is 31.1 Å². The largest absolute Gasteiger partial charge is 0.354 e. The number of anilines is 1. The zero-order valence-electron chi connectivity index (χ0n) is 17.9. The Kier molecular flexibility index (Phi) is 6.06. The molecule has 0 atom stereocenters. The van der Waals surface area contributed by atoms with Gasteiger partial charge in [0.1, 0.15) is 5.82 Å². The van der Waals surface area contributed by atoms with Crippen LogP contribution in [0.1, 0.15) is 16.7 Å². The minimum absolute atomic E-state index is 0.344. The number of hydrogen-bond acceptors (Lipinski definition) is 3. The molecule has 160 valence electrons. The van der Waals surface area contributed by atoms with Crippen LogP contribution < -0.4 is 4.90 Å². The fourth-order valence-electron chi connectivity index (χ4n) is 4.91. The quantitative estimate of drug-likeness (QED) is 0.326. The third-order valence-corrected chi connectivity index (χ3v) is 6.83. The molecule has 0 saturated carbocycles. The predicted molar refractivity (Wildman–Crippen MR) is 135 cm³/mol. The van der Waals surface area contributed by atoms with E-state index in [2.05, 4.69) is 134 Å². The summed E-state index contributed by atoms with van der Waals surface area (Å²) in [5, 5.41) is 0. The number of nitrogens with zero attached hydrogens (tertiary/aromatic N) is 3. The summed E-state index contributed by atoms with van der Waals surface area (Å²) < 4.78 is 1.01. The Morgan fingerprint density at radius 1 is 0.594 bits per heavy atom. The van der Waals surface area contributed by atoms with E-state index < -0.39 is 0 Å². The molecule has 0 amide bonds. The van der Waals surface area contributed by atoms with Gasteiger partial charge in [0, 0.05) is 36.8 Å². The molecule has 0 radical (unpaired) electrons. The van der Waals surface area contributed by atoms with E-state index in [0.717, 1.165) is 36.5 Å². The van der Waals surface area contributed by atoms with Gasteiger partial charge in [0.2, 0.25) is 0 Å². The van der Waals surface area contributed by atoms with Crippen molar-refractivity contribution >= 4 is 21.7 Å². The molecule has 3 aromatic carbocycles. The molecule has 0 aliphatic carbocycles. The van der Waals surface area contributed by atoms with Gasteiger partial charge in [0.25, 0.3) is 0 Å². The van der Waals surface area contributed by atoms with Gasteiger partial charge in [-0.15, -0.1) is 0 Å². The lowest BCUT2D eigenvalue weighted by Crippen LogP contribution is -2.56. The monoisotopic (exact) mass is 483 g/mol. The number of hydrogen-bond donors (Lipinski definition) is 0. The van der Waals surface area contributed by atoms with E-state index in [1.165, 1.54) is 16.7 Å². The van der Waals surface area contributed by atoms with E-state index in [-0.39, 0.29) is 5.54 Å². The number of halogens is 1.